The summed E-state index contributed by atoms with van der Waals surface area (Å²) < 4.78 is 5.08. The van der Waals surface area contributed by atoms with E-state index in [1.165, 1.54) is 19.6 Å². The summed E-state index contributed by atoms with van der Waals surface area (Å²) in [7, 11) is 1.50. The molecule has 1 aromatic rings. The molecule has 1 heterocycles. The van der Waals surface area contributed by atoms with Crippen LogP contribution in [0.3, 0.4) is 0 Å². The van der Waals surface area contributed by atoms with Crippen LogP contribution >= 0.6 is 0 Å². The van der Waals surface area contributed by atoms with E-state index in [4.69, 9.17) is 4.74 Å². The van der Waals surface area contributed by atoms with E-state index in [0.717, 1.165) is 44.6 Å². The van der Waals surface area contributed by atoms with Gasteiger partial charge in [0.1, 0.15) is 0 Å². The first-order valence-corrected chi connectivity index (χ1v) is 8.21. The van der Waals surface area contributed by atoms with E-state index in [1.807, 2.05) is 24.3 Å². The molecule has 1 aliphatic carbocycles. The molecule has 0 radical (unpaired) electrons. The first-order valence-electron chi connectivity index (χ1n) is 8.21. The zero-order valence-corrected chi connectivity index (χ0v) is 13.8. The predicted octanol–water partition coefficient (Wildman–Crippen LogP) is 2.42. The number of fused-ring (bicyclic) bond motifs is 1. The maximum Gasteiger partial charge on any atom is 0.313 e. The Bertz CT molecular complexity index is 599. The fourth-order valence-corrected chi connectivity index (χ4v) is 4.21. The van der Waals surface area contributed by atoms with Crippen LogP contribution < -0.4 is 5.32 Å². The van der Waals surface area contributed by atoms with Crippen molar-refractivity contribution >= 4 is 17.6 Å². The molecule has 2 aliphatic rings. The number of ether oxygens (including phenoxy) is 1. The number of methoxy groups -OCH3 is 1. The average Bonchev–Trinajstić information content (AvgIpc) is 3.05. The van der Waals surface area contributed by atoms with E-state index >= 15 is 0 Å². The van der Waals surface area contributed by atoms with Gasteiger partial charge >= 0.3 is 5.97 Å². The van der Waals surface area contributed by atoms with Gasteiger partial charge in [-0.3, -0.25) is 14.5 Å². The molecule has 5 heteroatoms. The van der Waals surface area contributed by atoms with Gasteiger partial charge in [0.25, 0.3) is 0 Å². The molecule has 5 nitrogen and oxygen atoms in total. The highest BCUT2D eigenvalue weighted by Gasteiger charge is 2.55. The molecule has 0 spiro atoms. The normalized spacial score (nSPS) is 26.8. The third kappa shape index (κ3) is 3.11. The SMILES string of the molecule is COC(=O)[C@@]12CCC[C@H]1CN(Cc1ccc(NC(C)=O)cc1)C2. The maximum atomic E-state index is 12.3. The quantitative estimate of drug-likeness (QED) is 0.867. The second-order valence-electron chi connectivity index (χ2n) is 6.78. The number of hydrogen-bond donors (Lipinski definition) is 1. The first-order chi connectivity index (χ1) is 11.0. The summed E-state index contributed by atoms with van der Waals surface area (Å²) in [4.78, 5) is 25.7. The van der Waals surface area contributed by atoms with Gasteiger partial charge in [0.2, 0.25) is 5.91 Å². The second-order valence-corrected chi connectivity index (χ2v) is 6.78. The van der Waals surface area contributed by atoms with Crippen LogP contribution in [0.1, 0.15) is 31.7 Å². The van der Waals surface area contributed by atoms with Crippen LogP contribution in [0.25, 0.3) is 0 Å². The molecule has 1 aliphatic heterocycles. The number of rotatable bonds is 4. The van der Waals surface area contributed by atoms with Crippen molar-refractivity contribution < 1.29 is 14.3 Å². The fraction of sp³-hybridized carbons (Fsp3) is 0.556. The van der Waals surface area contributed by atoms with Crippen LogP contribution in [-0.2, 0) is 20.9 Å². The summed E-state index contributed by atoms with van der Waals surface area (Å²) >= 11 is 0. The van der Waals surface area contributed by atoms with Gasteiger partial charge < -0.3 is 10.1 Å². The molecule has 1 aromatic carbocycles. The molecule has 2 atom stereocenters. The highest BCUT2D eigenvalue weighted by atomic mass is 16.5. The third-order valence-corrected chi connectivity index (χ3v) is 5.21. The number of nitrogens with one attached hydrogen (secondary N) is 1. The van der Waals surface area contributed by atoms with Crippen LogP contribution in [0.5, 0.6) is 0 Å². The zero-order chi connectivity index (χ0) is 16.4. The van der Waals surface area contributed by atoms with Gasteiger partial charge in [0, 0.05) is 32.2 Å². The number of anilines is 1. The Morgan fingerprint density at radius 3 is 2.74 bits per heavy atom. The Balaban J connectivity index is 1.66. The molecule has 3 rings (SSSR count). The zero-order valence-electron chi connectivity index (χ0n) is 13.8. The predicted molar refractivity (Wildman–Crippen MR) is 87.8 cm³/mol. The van der Waals surface area contributed by atoms with Crippen molar-refractivity contribution in [3.63, 3.8) is 0 Å². The van der Waals surface area contributed by atoms with Crippen molar-refractivity contribution in [2.45, 2.75) is 32.7 Å². The van der Waals surface area contributed by atoms with Gasteiger partial charge in [-0.2, -0.15) is 0 Å². The lowest BCUT2D eigenvalue weighted by molar-refractivity contribution is -0.153. The van der Waals surface area contributed by atoms with Gasteiger partial charge in [-0.05, 0) is 36.5 Å². The molecular weight excluding hydrogens is 292 g/mol. The molecule has 1 amide bonds. The number of carbonyl (C=O) groups is 2. The number of esters is 1. The van der Waals surface area contributed by atoms with Gasteiger partial charge in [-0.15, -0.1) is 0 Å². The summed E-state index contributed by atoms with van der Waals surface area (Å²) in [5.74, 6) is 0.322. The summed E-state index contributed by atoms with van der Waals surface area (Å²) in [6.45, 7) is 4.08. The Morgan fingerprint density at radius 2 is 2.09 bits per heavy atom. The van der Waals surface area contributed by atoms with Crippen molar-refractivity contribution in [1.82, 2.24) is 4.90 Å². The third-order valence-electron chi connectivity index (χ3n) is 5.21. The molecule has 1 N–H and O–H groups in total. The standard InChI is InChI=1S/C18H24N2O3/c1-13(21)19-16-7-5-14(6-8-16)10-20-11-15-4-3-9-18(15,12-20)17(22)23-2/h5-8,15H,3-4,9-12H2,1-2H3,(H,19,21)/t15-,18+/m0/s1. The summed E-state index contributed by atoms with van der Waals surface area (Å²) in [6, 6.07) is 7.90. The molecule has 1 saturated heterocycles. The maximum absolute atomic E-state index is 12.3. The number of amides is 1. The lowest BCUT2D eigenvalue weighted by atomic mass is 9.81. The van der Waals surface area contributed by atoms with E-state index in [-0.39, 0.29) is 17.3 Å². The minimum absolute atomic E-state index is 0.0384. The minimum atomic E-state index is -0.287. The largest absolute Gasteiger partial charge is 0.469 e. The van der Waals surface area contributed by atoms with Crippen molar-refractivity contribution in [1.29, 1.82) is 0 Å². The lowest BCUT2D eigenvalue weighted by Gasteiger charge is -2.25. The summed E-state index contributed by atoms with van der Waals surface area (Å²) in [5.41, 5.74) is 1.72. The van der Waals surface area contributed by atoms with E-state index in [0.29, 0.717) is 5.92 Å². The Morgan fingerprint density at radius 1 is 1.35 bits per heavy atom. The molecule has 2 fully saturated rings. The van der Waals surface area contributed by atoms with Crippen LogP contribution in [0, 0.1) is 11.3 Å². The lowest BCUT2D eigenvalue weighted by Crippen LogP contribution is -2.36. The number of benzene rings is 1. The second kappa shape index (κ2) is 6.32. The summed E-state index contributed by atoms with van der Waals surface area (Å²) in [5, 5.41) is 2.77. The monoisotopic (exact) mass is 316 g/mol. The fourth-order valence-electron chi connectivity index (χ4n) is 4.21. The first kappa shape index (κ1) is 16.0. The number of nitrogens with zero attached hydrogens (tertiary/aromatic N) is 1. The smallest absolute Gasteiger partial charge is 0.313 e. The highest BCUT2D eigenvalue weighted by Crippen LogP contribution is 2.49. The van der Waals surface area contributed by atoms with Crippen LogP contribution in [0.4, 0.5) is 5.69 Å². The summed E-state index contributed by atoms with van der Waals surface area (Å²) in [6.07, 6.45) is 3.19. The van der Waals surface area contributed by atoms with E-state index in [1.54, 1.807) is 0 Å². The molecule has 0 bridgehead atoms. The Labute approximate surface area is 137 Å². The number of likely N-dealkylation sites (tertiary alicyclic amines) is 1. The van der Waals surface area contributed by atoms with Gasteiger partial charge in [-0.1, -0.05) is 18.6 Å². The van der Waals surface area contributed by atoms with E-state index in [2.05, 4.69) is 10.2 Å². The molecular formula is C18H24N2O3. The van der Waals surface area contributed by atoms with Crippen molar-refractivity contribution in [3.8, 4) is 0 Å². The average molecular weight is 316 g/mol. The van der Waals surface area contributed by atoms with Crippen molar-refractivity contribution in [2.24, 2.45) is 11.3 Å². The van der Waals surface area contributed by atoms with Crippen LogP contribution in [0.2, 0.25) is 0 Å². The molecule has 0 aromatic heterocycles. The van der Waals surface area contributed by atoms with Gasteiger partial charge in [0.15, 0.2) is 0 Å². The number of carbonyl (C=O) groups excluding carboxylic acids is 2. The highest BCUT2D eigenvalue weighted by molar-refractivity contribution is 5.88. The van der Waals surface area contributed by atoms with Crippen LogP contribution in [-0.4, -0.2) is 37.0 Å². The Hall–Kier alpha value is -1.88. The Kier molecular flexibility index (Phi) is 4.39. The molecule has 23 heavy (non-hydrogen) atoms. The molecule has 0 unspecified atom stereocenters. The minimum Gasteiger partial charge on any atom is -0.469 e. The number of hydrogen-bond acceptors (Lipinski definition) is 4. The van der Waals surface area contributed by atoms with E-state index < -0.39 is 0 Å². The van der Waals surface area contributed by atoms with Gasteiger partial charge in [0.05, 0.1) is 12.5 Å². The molecule has 1 saturated carbocycles. The van der Waals surface area contributed by atoms with Gasteiger partial charge in [-0.25, -0.2) is 0 Å². The van der Waals surface area contributed by atoms with Crippen molar-refractivity contribution in [2.75, 3.05) is 25.5 Å². The topological polar surface area (TPSA) is 58.6 Å². The molecule has 124 valence electrons. The van der Waals surface area contributed by atoms with Crippen LogP contribution in [0.15, 0.2) is 24.3 Å². The van der Waals surface area contributed by atoms with E-state index in [9.17, 15) is 9.59 Å². The van der Waals surface area contributed by atoms with Crippen molar-refractivity contribution in [3.05, 3.63) is 29.8 Å².